The van der Waals surface area contributed by atoms with Gasteiger partial charge < -0.3 is 28.8 Å². The molecule has 0 spiro atoms. The average molecular weight is 426 g/mol. The SMILES string of the molecule is CCN(CC)CCN1C(=O)C(=O)C(=C(O)c2ccc3c(c2)OCCO3)C1c1ccco1. The number of hydrogen-bond acceptors (Lipinski definition) is 7. The Morgan fingerprint density at radius 2 is 1.87 bits per heavy atom. The highest BCUT2D eigenvalue weighted by Gasteiger charge is 2.47. The lowest BCUT2D eigenvalue weighted by molar-refractivity contribution is -0.140. The van der Waals surface area contributed by atoms with E-state index in [1.165, 1.54) is 11.2 Å². The van der Waals surface area contributed by atoms with E-state index in [2.05, 4.69) is 4.90 Å². The first kappa shape index (κ1) is 21.0. The zero-order valence-corrected chi connectivity index (χ0v) is 17.7. The Balaban J connectivity index is 1.74. The van der Waals surface area contributed by atoms with Gasteiger partial charge in [-0.05, 0) is 43.4 Å². The van der Waals surface area contributed by atoms with E-state index in [0.717, 1.165) is 13.1 Å². The van der Waals surface area contributed by atoms with E-state index < -0.39 is 17.7 Å². The van der Waals surface area contributed by atoms with Crippen molar-refractivity contribution in [2.75, 3.05) is 39.4 Å². The molecule has 2 aromatic rings. The Morgan fingerprint density at radius 3 is 2.55 bits per heavy atom. The number of ether oxygens (including phenoxy) is 2. The average Bonchev–Trinajstić information content (AvgIpc) is 3.41. The van der Waals surface area contributed by atoms with Gasteiger partial charge in [0, 0.05) is 18.7 Å². The second-order valence-electron chi connectivity index (χ2n) is 7.39. The van der Waals surface area contributed by atoms with Crippen LogP contribution in [0, 0.1) is 0 Å². The van der Waals surface area contributed by atoms with Gasteiger partial charge in [0.05, 0.1) is 11.8 Å². The summed E-state index contributed by atoms with van der Waals surface area (Å²) < 4.78 is 16.7. The number of aliphatic hydroxyl groups excluding tert-OH is 1. The summed E-state index contributed by atoms with van der Waals surface area (Å²) in [4.78, 5) is 29.5. The van der Waals surface area contributed by atoms with E-state index in [1.54, 1.807) is 30.3 Å². The zero-order chi connectivity index (χ0) is 22.0. The molecule has 164 valence electrons. The van der Waals surface area contributed by atoms with Crippen LogP contribution in [0.25, 0.3) is 5.76 Å². The predicted molar refractivity (Wildman–Crippen MR) is 113 cm³/mol. The number of Topliss-reactive ketones (excluding diaryl/α,β-unsaturated/α-hetero) is 1. The fraction of sp³-hybridized carbons (Fsp3) is 0.391. The minimum atomic E-state index is -0.793. The number of carbonyl (C=O) groups is 2. The summed E-state index contributed by atoms with van der Waals surface area (Å²) in [6, 6.07) is 7.56. The highest BCUT2D eigenvalue weighted by atomic mass is 16.6. The number of benzene rings is 1. The standard InChI is InChI=1S/C23H26N2O6/c1-3-24(4-2)9-10-25-20(17-6-5-11-29-17)19(22(27)23(25)28)21(26)15-7-8-16-18(14-15)31-13-12-30-16/h5-8,11,14,20,26H,3-4,9-10,12-13H2,1-2H3. The van der Waals surface area contributed by atoms with Crippen LogP contribution in [0.3, 0.4) is 0 Å². The van der Waals surface area contributed by atoms with Crippen LogP contribution in [-0.4, -0.2) is 66.0 Å². The smallest absolute Gasteiger partial charge is 0.295 e. The van der Waals surface area contributed by atoms with Gasteiger partial charge >= 0.3 is 0 Å². The summed E-state index contributed by atoms with van der Waals surface area (Å²) in [5.74, 6) is -0.147. The molecule has 31 heavy (non-hydrogen) atoms. The number of fused-ring (bicyclic) bond motifs is 1. The fourth-order valence-corrected chi connectivity index (χ4v) is 3.99. The molecule has 1 aromatic carbocycles. The number of aliphatic hydroxyl groups is 1. The molecule has 4 rings (SSSR count). The van der Waals surface area contributed by atoms with Crippen molar-refractivity contribution in [2.45, 2.75) is 19.9 Å². The Hall–Kier alpha value is -3.26. The van der Waals surface area contributed by atoms with Crippen LogP contribution >= 0.6 is 0 Å². The highest BCUT2D eigenvalue weighted by molar-refractivity contribution is 6.46. The molecule has 2 aliphatic rings. The summed E-state index contributed by atoms with van der Waals surface area (Å²) >= 11 is 0. The molecular weight excluding hydrogens is 400 g/mol. The number of ketones is 1. The molecule has 0 saturated carbocycles. The topological polar surface area (TPSA) is 92.5 Å². The second-order valence-corrected chi connectivity index (χ2v) is 7.39. The molecule has 8 heteroatoms. The maximum Gasteiger partial charge on any atom is 0.295 e. The maximum absolute atomic E-state index is 13.0. The maximum atomic E-state index is 13.0. The Bertz CT molecular complexity index is 994. The van der Waals surface area contributed by atoms with Gasteiger partial charge in [0.25, 0.3) is 11.7 Å². The van der Waals surface area contributed by atoms with Crippen LogP contribution in [0.4, 0.5) is 0 Å². The zero-order valence-electron chi connectivity index (χ0n) is 17.7. The molecule has 0 bridgehead atoms. The number of nitrogens with zero attached hydrogens (tertiary/aromatic N) is 2. The van der Waals surface area contributed by atoms with Crippen LogP contribution in [0.15, 0.2) is 46.6 Å². The predicted octanol–water partition coefficient (Wildman–Crippen LogP) is 2.81. The van der Waals surface area contributed by atoms with Crippen molar-refractivity contribution in [3.8, 4) is 11.5 Å². The third-order valence-electron chi connectivity index (χ3n) is 5.72. The number of rotatable bonds is 7. The van der Waals surface area contributed by atoms with Gasteiger partial charge in [-0.25, -0.2) is 0 Å². The molecule has 1 N–H and O–H groups in total. The van der Waals surface area contributed by atoms with E-state index in [4.69, 9.17) is 13.9 Å². The lowest BCUT2D eigenvalue weighted by atomic mass is 9.99. The third-order valence-corrected chi connectivity index (χ3v) is 5.72. The van der Waals surface area contributed by atoms with E-state index in [-0.39, 0.29) is 11.3 Å². The van der Waals surface area contributed by atoms with Gasteiger partial charge in [-0.2, -0.15) is 0 Å². The van der Waals surface area contributed by atoms with E-state index in [9.17, 15) is 14.7 Å². The Kier molecular flexibility index (Phi) is 5.99. The van der Waals surface area contributed by atoms with Gasteiger partial charge in [-0.1, -0.05) is 13.8 Å². The normalized spacial score (nSPS) is 20.0. The fourth-order valence-electron chi connectivity index (χ4n) is 3.99. The van der Waals surface area contributed by atoms with E-state index in [1.807, 2.05) is 13.8 Å². The number of carbonyl (C=O) groups excluding carboxylic acids is 2. The molecular formula is C23H26N2O6. The van der Waals surface area contributed by atoms with Crippen molar-refractivity contribution < 1.29 is 28.6 Å². The first-order valence-corrected chi connectivity index (χ1v) is 10.5. The van der Waals surface area contributed by atoms with Crippen molar-refractivity contribution >= 4 is 17.4 Å². The molecule has 1 amide bonds. The molecule has 0 radical (unpaired) electrons. The summed E-state index contributed by atoms with van der Waals surface area (Å²) in [6.45, 7) is 7.57. The minimum Gasteiger partial charge on any atom is -0.507 e. The molecule has 8 nitrogen and oxygen atoms in total. The highest BCUT2D eigenvalue weighted by Crippen LogP contribution is 2.41. The summed E-state index contributed by atoms with van der Waals surface area (Å²) in [5.41, 5.74) is 0.388. The van der Waals surface area contributed by atoms with Gasteiger partial charge in [0.2, 0.25) is 0 Å². The van der Waals surface area contributed by atoms with Gasteiger partial charge in [0.1, 0.15) is 30.8 Å². The Labute approximate surface area is 180 Å². The minimum absolute atomic E-state index is 0.0103. The quantitative estimate of drug-likeness (QED) is 0.413. The number of amides is 1. The lowest BCUT2D eigenvalue weighted by Gasteiger charge is -2.26. The molecule has 1 atom stereocenters. The summed E-state index contributed by atoms with van der Waals surface area (Å²) in [6.07, 6.45) is 1.49. The van der Waals surface area contributed by atoms with Crippen molar-refractivity contribution in [1.29, 1.82) is 0 Å². The molecule has 1 unspecified atom stereocenters. The molecule has 1 fully saturated rings. The van der Waals surface area contributed by atoms with Gasteiger partial charge in [-0.3, -0.25) is 9.59 Å². The second kappa shape index (κ2) is 8.85. The van der Waals surface area contributed by atoms with Gasteiger partial charge in [-0.15, -0.1) is 0 Å². The summed E-state index contributed by atoms with van der Waals surface area (Å²) in [7, 11) is 0. The largest absolute Gasteiger partial charge is 0.507 e. The first-order chi connectivity index (χ1) is 15.0. The molecule has 2 aliphatic heterocycles. The van der Waals surface area contributed by atoms with Crippen LogP contribution in [0.1, 0.15) is 31.2 Å². The summed E-state index contributed by atoms with van der Waals surface area (Å²) in [5, 5.41) is 11.1. The van der Waals surface area contributed by atoms with Gasteiger partial charge in [0.15, 0.2) is 11.5 Å². The number of likely N-dealkylation sites (N-methyl/N-ethyl adjacent to an activating group) is 1. The monoisotopic (exact) mass is 426 g/mol. The third kappa shape index (κ3) is 3.90. The molecule has 3 heterocycles. The van der Waals surface area contributed by atoms with Crippen molar-refractivity contribution in [1.82, 2.24) is 9.80 Å². The van der Waals surface area contributed by atoms with E-state index in [0.29, 0.717) is 49.1 Å². The van der Waals surface area contributed by atoms with Crippen LogP contribution in [0.5, 0.6) is 11.5 Å². The van der Waals surface area contributed by atoms with Crippen LogP contribution < -0.4 is 9.47 Å². The van der Waals surface area contributed by atoms with Crippen molar-refractivity contribution in [3.63, 3.8) is 0 Å². The Morgan fingerprint density at radius 1 is 1.13 bits per heavy atom. The molecule has 0 aliphatic carbocycles. The van der Waals surface area contributed by atoms with Crippen LogP contribution in [0.2, 0.25) is 0 Å². The number of furan rings is 1. The van der Waals surface area contributed by atoms with Crippen molar-refractivity contribution in [2.24, 2.45) is 0 Å². The first-order valence-electron chi connectivity index (χ1n) is 10.5. The lowest BCUT2D eigenvalue weighted by Crippen LogP contribution is -2.37. The molecule has 1 aromatic heterocycles. The number of hydrogen-bond donors (Lipinski definition) is 1. The van der Waals surface area contributed by atoms with E-state index >= 15 is 0 Å². The van der Waals surface area contributed by atoms with Crippen molar-refractivity contribution in [3.05, 3.63) is 53.5 Å². The molecule has 1 saturated heterocycles. The van der Waals surface area contributed by atoms with Crippen LogP contribution in [-0.2, 0) is 9.59 Å². The number of likely N-dealkylation sites (tertiary alicyclic amines) is 1.